The van der Waals surface area contributed by atoms with E-state index in [2.05, 4.69) is 15.3 Å². The minimum absolute atomic E-state index is 0.0369. The molecule has 3 heterocycles. The molecule has 2 aromatic heterocycles. The van der Waals surface area contributed by atoms with Gasteiger partial charge in [0.05, 0.1) is 24.8 Å². The van der Waals surface area contributed by atoms with Gasteiger partial charge in [0.2, 0.25) is 17.7 Å². The summed E-state index contributed by atoms with van der Waals surface area (Å²) in [6.07, 6.45) is 6.46. The smallest absolute Gasteiger partial charge is 0.228 e. The van der Waals surface area contributed by atoms with Gasteiger partial charge in [0.1, 0.15) is 6.10 Å². The predicted octanol–water partition coefficient (Wildman–Crippen LogP) is 2.05. The summed E-state index contributed by atoms with van der Waals surface area (Å²) in [4.78, 5) is 33.7. The number of anilines is 1. The van der Waals surface area contributed by atoms with Gasteiger partial charge in [-0.1, -0.05) is 6.92 Å². The molecule has 0 spiro atoms. The first-order valence-electron chi connectivity index (χ1n) is 8.73. The van der Waals surface area contributed by atoms with Gasteiger partial charge in [-0.05, 0) is 23.8 Å². The van der Waals surface area contributed by atoms with Gasteiger partial charge in [-0.3, -0.25) is 14.6 Å². The molecule has 0 radical (unpaired) electrons. The van der Waals surface area contributed by atoms with Crippen LogP contribution in [0.3, 0.4) is 0 Å². The molecule has 26 heavy (non-hydrogen) atoms. The maximum absolute atomic E-state index is 12.0. The lowest BCUT2D eigenvalue weighted by molar-refractivity contribution is -0.130. The summed E-state index contributed by atoms with van der Waals surface area (Å²) in [5, 5.41) is 2.81. The van der Waals surface area contributed by atoms with Gasteiger partial charge < -0.3 is 15.0 Å². The van der Waals surface area contributed by atoms with Gasteiger partial charge in [0.25, 0.3) is 0 Å². The number of hydrogen-bond donors (Lipinski definition) is 1. The molecule has 1 fully saturated rings. The highest BCUT2D eigenvalue weighted by Gasteiger charge is 2.26. The summed E-state index contributed by atoms with van der Waals surface area (Å²) in [5.41, 5.74) is 1.52. The van der Waals surface area contributed by atoms with E-state index in [-0.39, 0.29) is 24.3 Å². The third-order valence-electron chi connectivity index (χ3n) is 4.22. The molecule has 7 heteroatoms. The summed E-state index contributed by atoms with van der Waals surface area (Å²) in [6.45, 7) is 3.18. The Balaban J connectivity index is 1.49. The van der Waals surface area contributed by atoms with Gasteiger partial charge in [0, 0.05) is 37.8 Å². The van der Waals surface area contributed by atoms with Crippen molar-refractivity contribution in [3.05, 3.63) is 48.4 Å². The number of carbonyl (C=O) groups is 2. The van der Waals surface area contributed by atoms with Crippen LogP contribution in [-0.2, 0) is 16.0 Å². The molecule has 1 atom stereocenters. The van der Waals surface area contributed by atoms with Gasteiger partial charge >= 0.3 is 0 Å². The highest BCUT2D eigenvalue weighted by Crippen LogP contribution is 2.18. The number of amides is 2. The number of hydrogen-bond acceptors (Lipinski definition) is 5. The van der Waals surface area contributed by atoms with Crippen LogP contribution in [0.4, 0.5) is 5.69 Å². The predicted molar refractivity (Wildman–Crippen MR) is 96.7 cm³/mol. The second-order valence-corrected chi connectivity index (χ2v) is 6.19. The van der Waals surface area contributed by atoms with Crippen LogP contribution < -0.4 is 10.1 Å². The topological polar surface area (TPSA) is 84.4 Å². The Morgan fingerprint density at radius 2 is 2.08 bits per heavy atom. The van der Waals surface area contributed by atoms with Crippen molar-refractivity contribution in [1.82, 2.24) is 14.9 Å². The van der Waals surface area contributed by atoms with Crippen LogP contribution in [0.1, 0.15) is 25.3 Å². The second kappa shape index (κ2) is 8.42. The molecular weight excluding hydrogens is 332 g/mol. The number of rotatable bonds is 6. The lowest BCUT2D eigenvalue weighted by Crippen LogP contribution is -2.30. The fraction of sp³-hybridized carbons (Fsp3) is 0.368. The molecule has 0 saturated carbocycles. The van der Waals surface area contributed by atoms with Gasteiger partial charge in [-0.15, -0.1) is 0 Å². The summed E-state index contributed by atoms with van der Waals surface area (Å²) >= 11 is 0. The van der Waals surface area contributed by atoms with Gasteiger partial charge in [0.15, 0.2) is 0 Å². The molecule has 1 aliphatic heterocycles. The first-order chi connectivity index (χ1) is 12.6. The van der Waals surface area contributed by atoms with Crippen LogP contribution in [0.15, 0.2) is 42.9 Å². The molecule has 3 rings (SSSR count). The first-order valence-corrected chi connectivity index (χ1v) is 8.73. The third kappa shape index (κ3) is 4.78. The zero-order chi connectivity index (χ0) is 18.4. The Morgan fingerprint density at radius 3 is 2.77 bits per heavy atom. The molecule has 2 amide bonds. The maximum atomic E-state index is 12.0. The standard InChI is InChI=1S/C19H22N4O3/c1-2-19(25)23-10-7-16(13-23)26-18-4-3-15(12-21-18)22-17(24)11-14-5-8-20-9-6-14/h3-6,8-9,12,16H,2,7,10-11,13H2,1H3,(H,22,24). The van der Waals surface area contributed by atoms with Crippen molar-refractivity contribution in [3.8, 4) is 5.88 Å². The number of carbonyl (C=O) groups excluding carboxylic acids is 2. The Labute approximate surface area is 152 Å². The number of nitrogens with zero attached hydrogens (tertiary/aromatic N) is 3. The lowest BCUT2D eigenvalue weighted by atomic mass is 10.2. The van der Waals surface area contributed by atoms with E-state index in [9.17, 15) is 9.59 Å². The van der Waals surface area contributed by atoms with E-state index in [1.165, 1.54) is 0 Å². The molecule has 0 aliphatic carbocycles. The quantitative estimate of drug-likeness (QED) is 0.858. The molecule has 136 valence electrons. The molecule has 1 N–H and O–H groups in total. The summed E-state index contributed by atoms with van der Waals surface area (Å²) in [6, 6.07) is 7.11. The van der Waals surface area contributed by atoms with E-state index in [1.807, 2.05) is 24.0 Å². The van der Waals surface area contributed by atoms with Crippen molar-refractivity contribution in [2.24, 2.45) is 0 Å². The fourth-order valence-electron chi connectivity index (χ4n) is 2.86. The molecule has 1 saturated heterocycles. The maximum Gasteiger partial charge on any atom is 0.228 e. The number of aromatic nitrogens is 2. The molecular formula is C19H22N4O3. The van der Waals surface area contributed by atoms with Crippen LogP contribution in [0.25, 0.3) is 0 Å². The molecule has 7 nitrogen and oxygen atoms in total. The largest absolute Gasteiger partial charge is 0.472 e. The Bertz CT molecular complexity index is 749. The normalized spacial score (nSPS) is 16.3. The van der Waals surface area contributed by atoms with Gasteiger partial charge in [-0.25, -0.2) is 4.98 Å². The summed E-state index contributed by atoms with van der Waals surface area (Å²) < 4.78 is 5.83. The van der Waals surface area contributed by atoms with Gasteiger partial charge in [-0.2, -0.15) is 0 Å². The monoisotopic (exact) mass is 354 g/mol. The Kier molecular flexibility index (Phi) is 5.78. The van der Waals surface area contributed by atoms with Crippen molar-refractivity contribution in [1.29, 1.82) is 0 Å². The first kappa shape index (κ1) is 17.8. The highest BCUT2D eigenvalue weighted by molar-refractivity contribution is 5.92. The van der Waals surface area contributed by atoms with Crippen LogP contribution in [0.2, 0.25) is 0 Å². The van der Waals surface area contributed by atoms with Crippen molar-refractivity contribution in [3.63, 3.8) is 0 Å². The van der Waals surface area contributed by atoms with E-state index in [0.29, 0.717) is 24.5 Å². The van der Waals surface area contributed by atoms with E-state index >= 15 is 0 Å². The lowest BCUT2D eigenvalue weighted by Gasteiger charge is -2.16. The molecule has 1 unspecified atom stereocenters. The van der Waals surface area contributed by atoms with E-state index in [0.717, 1.165) is 18.5 Å². The minimum Gasteiger partial charge on any atom is -0.472 e. The number of ether oxygens (including phenoxy) is 1. The fourth-order valence-corrected chi connectivity index (χ4v) is 2.86. The third-order valence-corrected chi connectivity index (χ3v) is 4.22. The van der Waals surface area contributed by atoms with E-state index < -0.39 is 0 Å². The van der Waals surface area contributed by atoms with Crippen molar-refractivity contribution >= 4 is 17.5 Å². The molecule has 2 aromatic rings. The minimum atomic E-state index is -0.115. The Hall–Kier alpha value is -2.96. The van der Waals surface area contributed by atoms with Crippen molar-refractivity contribution in [2.45, 2.75) is 32.3 Å². The number of pyridine rings is 2. The molecule has 0 bridgehead atoms. The zero-order valence-corrected chi connectivity index (χ0v) is 14.7. The summed E-state index contributed by atoms with van der Waals surface area (Å²) in [7, 11) is 0. The SMILES string of the molecule is CCC(=O)N1CCC(Oc2ccc(NC(=O)Cc3ccncc3)cn2)C1. The van der Waals surface area contributed by atoms with E-state index in [4.69, 9.17) is 4.74 Å². The summed E-state index contributed by atoms with van der Waals surface area (Å²) in [5.74, 6) is 0.528. The van der Waals surface area contributed by atoms with Crippen molar-refractivity contribution < 1.29 is 14.3 Å². The molecule has 0 aromatic carbocycles. The Morgan fingerprint density at radius 1 is 1.27 bits per heavy atom. The van der Waals surface area contributed by atoms with Crippen LogP contribution in [0, 0.1) is 0 Å². The second-order valence-electron chi connectivity index (χ2n) is 6.19. The van der Waals surface area contributed by atoms with E-state index in [1.54, 1.807) is 30.7 Å². The van der Waals surface area contributed by atoms with Crippen LogP contribution in [0.5, 0.6) is 5.88 Å². The highest BCUT2D eigenvalue weighted by atomic mass is 16.5. The molecule has 1 aliphatic rings. The van der Waals surface area contributed by atoms with Crippen molar-refractivity contribution in [2.75, 3.05) is 18.4 Å². The average molecular weight is 354 g/mol. The number of nitrogens with one attached hydrogen (secondary N) is 1. The number of likely N-dealkylation sites (tertiary alicyclic amines) is 1. The van der Waals surface area contributed by atoms with Crippen LogP contribution in [-0.4, -0.2) is 45.9 Å². The zero-order valence-electron chi connectivity index (χ0n) is 14.7. The average Bonchev–Trinajstić information content (AvgIpc) is 3.12. The van der Waals surface area contributed by atoms with Crippen LogP contribution >= 0.6 is 0 Å².